The van der Waals surface area contributed by atoms with E-state index in [4.69, 9.17) is 21.4 Å². The Labute approximate surface area is 129 Å². The van der Waals surface area contributed by atoms with Crippen LogP contribution < -0.4 is 4.74 Å². The molecule has 0 radical (unpaired) electrons. The van der Waals surface area contributed by atoms with E-state index in [0.717, 1.165) is 16.9 Å². The summed E-state index contributed by atoms with van der Waals surface area (Å²) in [5.41, 5.74) is 1.79. The first kappa shape index (κ1) is 15.6. The van der Waals surface area contributed by atoms with Crippen LogP contribution in [0.5, 0.6) is 5.75 Å². The molecule has 1 unspecified atom stereocenters. The van der Waals surface area contributed by atoms with Crippen LogP contribution in [-0.4, -0.2) is 42.2 Å². The molecule has 1 N–H and O–H groups in total. The molecule has 2 rings (SSSR count). The summed E-state index contributed by atoms with van der Waals surface area (Å²) in [4.78, 5) is 13.4. The summed E-state index contributed by atoms with van der Waals surface area (Å²) >= 11 is 5.96. The van der Waals surface area contributed by atoms with E-state index in [9.17, 15) is 4.79 Å². The van der Waals surface area contributed by atoms with E-state index in [1.807, 2.05) is 18.2 Å². The molecule has 0 saturated carbocycles. The van der Waals surface area contributed by atoms with Gasteiger partial charge in [0.2, 0.25) is 5.91 Å². The number of aliphatic hydroxyl groups excluding tert-OH is 1. The lowest BCUT2D eigenvalue weighted by atomic mass is 10.1. The molecule has 0 fully saturated rings. The van der Waals surface area contributed by atoms with E-state index >= 15 is 0 Å². The fourth-order valence-corrected chi connectivity index (χ4v) is 2.08. The zero-order valence-corrected chi connectivity index (χ0v) is 12.8. The molecule has 112 valence electrons. The number of nitrogens with zero attached hydrogens (tertiary/aromatic N) is 1. The molecule has 0 aliphatic carbocycles. The monoisotopic (exact) mass is 307 g/mol. The summed E-state index contributed by atoms with van der Waals surface area (Å²) in [6.45, 7) is 2.14. The predicted molar refractivity (Wildman–Crippen MR) is 83.4 cm³/mol. The van der Waals surface area contributed by atoms with E-state index in [2.05, 4.69) is 0 Å². The summed E-state index contributed by atoms with van der Waals surface area (Å²) < 4.78 is 5.61. The lowest BCUT2D eigenvalue weighted by Crippen LogP contribution is -2.36. The number of hydrogen-bond acceptors (Lipinski definition) is 3. The minimum atomic E-state index is -0.210. The Hall–Kier alpha value is -1.78. The Kier molecular flexibility index (Phi) is 5.04. The molecule has 1 aromatic rings. The molecular formula is C16H18ClNO3. The van der Waals surface area contributed by atoms with Gasteiger partial charge in [-0.3, -0.25) is 4.79 Å². The number of ether oxygens (including phenoxy) is 1. The lowest BCUT2D eigenvalue weighted by Gasteiger charge is -2.21. The van der Waals surface area contributed by atoms with E-state index in [1.54, 1.807) is 26.1 Å². The van der Waals surface area contributed by atoms with Crippen LogP contribution in [0, 0.1) is 0 Å². The average Bonchev–Trinajstić information content (AvgIpc) is 2.50. The van der Waals surface area contributed by atoms with Crippen molar-refractivity contribution < 1.29 is 14.6 Å². The van der Waals surface area contributed by atoms with Crippen molar-refractivity contribution in [2.75, 3.05) is 20.3 Å². The molecule has 4 nitrogen and oxygen atoms in total. The number of carbonyl (C=O) groups is 1. The summed E-state index contributed by atoms with van der Waals surface area (Å²) in [6.07, 6.45) is 5.16. The van der Waals surface area contributed by atoms with E-state index in [0.29, 0.717) is 11.6 Å². The van der Waals surface area contributed by atoms with Gasteiger partial charge in [0.05, 0.1) is 12.6 Å². The van der Waals surface area contributed by atoms with Gasteiger partial charge in [0.25, 0.3) is 0 Å². The van der Waals surface area contributed by atoms with Crippen LogP contribution in [0.4, 0.5) is 0 Å². The van der Waals surface area contributed by atoms with Crippen molar-refractivity contribution in [1.29, 1.82) is 0 Å². The lowest BCUT2D eigenvalue weighted by molar-refractivity contribution is -0.127. The summed E-state index contributed by atoms with van der Waals surface area (Å²) in [7, 11) is 1.66. The number of benzene rings is 1. The van der Waals surface area contributed by atoms with Gasteiger partial charge in [-0.2, -0.15) is 0 Å². The molecule has 5 heteroatoms. The molecule has 0 bridgehead atoms. The molecule has 1 aromatic carbocycles. The van der Waals surface area contributed by atoms with Gasteiger partial charge in [0, 0.05) is 23.7 Å². The van der Waals surface area contributed by atoms with Crippen molar-refractivity contribution in [2.24, 2.45) is 0 Å². The Balaban J connectivity index is 2.10. The van der Waals surface area contributed by atoms with Crippen LogP contribution >= 0.6 is 11.6 Å². The molecule has 21 heavy (non-hydrogen) atoms. The molecule has 0 saturated heterocycles. The second kappa shape index (κ2) is 6.78. The van der Waals surface area contributed by atoms with Crippen LogP contribution in [0.2, 0.25) is 5.02 Å². The number of hydrogen-bond donors (Lipinski definition) is 1. The van der Waals surface area contributed by atoms with Crippen LogP contribution in [0.1, 0.15) is 12.5 Å². The van der Waals surface area contributed by atoms with Gasteiger partial charge in [0.15, 0.2) is 0 Å². The van der Waals surface area contributed by atoms with Crippen molar-refractivity contribution in [1.82, 2.24) is 4.90 Å². The Morgan fingerprint density at radius 3 is 3.05 bits per heavy atom. The number of carbonyl (C=O) groups excluding carboxylic acids is 1. The van der Waals surface area contributed by atoms with Crippen LogP contribution in [0.15, 0.2) is 35.9 Å². The maximum Gasteiger partial charge on any atom is 0.246 e. The number of halogens is 1. The quantitative estimate of drug-likeness (QED) is 0.870. The Morgan fingerprint density at radius 1 is 1.57 bits per heavy atom. The van der Waals surface area contributed by atoms with Crippen molar-refractivity contribution in [3.05, 3.63) is 46.5 Å². The zero-order chi connectivity index (χ0) is 15.4. The van der Waals surface area contributed by atoms with Crippen LogP contribution in [0.3, 0.4) is 0 Å². The Morgan fingerprint density at radius 2 is 2.33 bits per heavy atom. The number of likely N-dealkylation sites (N-methyl/N-ethyl adjacent to an activating group) is 1. The minimum absolute atomic E-state index is 0.0617. The highest BCUT2D eigenvalue weighted by Crippen LogP contribution is 2.29. The summed E-state index contributed by atoms with van der Waals surface area (Å²) in [5, 5.41) is 9.69. The third-order valence-corrected chi connectivity index (χ3v) is 3.66. The maximum absolute atomic E-state index is 11.9. The van der Waals surface area contributed by atoms with Gasteiger partial charge in [-0.15, -0.1) is 0 Å². The van der Waals surface area contributed by atoms with Crippen molar-refractivity contribution in [3.8, 4) is 5.75 Å². The standard InChI is InChI=1S/C16H18ClNO3/c1-11(9-19)18(2)16(20)6-3-12-7-13-8-14(17)4-5-15(13)21-10-12/h3-8,11,19H,9-10H2,1-2H3/b6-3+. The van der Waals surface area contributed by atoms with Crippen LogP contribution in [0.25, 0.3) is 6.08 Å². The van der Waals surface area contributed by atoms with Gasteiger partial charge in [0.1, 0.15) is 12.4 Å². The number of aliphatic hydroxyl groups is 1. The largest absolute Gasteiger partial charge is 0.488 e. The van der Waals surface area contributed by atoms with Gasteiger partial charge in [-0.05, 0) is 36.8 Å². The molecule has 0 spiro atoms. The maximum atomic E-state index is 11.9. The fourth-order valence-electron chi connectivity index (χ4n) is 1.90. The van der Waals surface area contributed by atoms with Crippen molar-refractivity contribution in [2.45, 2.75) is 13.0 Å². The first-order valence-corrected chi connectivity index (χ1v) is 7.07. The van der Waals surface area contributed by atoms with E-state index in [1.165, 1.54) is 11.0 Å². The fraction of sp³-hybridized carbons (Fsp3) is 0.312. The third kappa shape index (κ3) is 3.86. The van der Waals surface area contributed by atoms with Gasteiger partial charge >= 0.3 is 0 Å². The van der Waals surface area contributed by atoms with E-state index < -0.39 is 0 Å². The average molecular weight is 308 g/mol. The summed E-state index contributed by atoms with van der Waals surface area (Å²) in [5.74, 6) is 0.628. The van der Waals surface area contributed by atoms with Crippen molar-refractivity contribution in [3.63, 3.8) is 0 Å². The number of amides is 1. The highest BCUT2D eigenvalue weighted by molar-refractivity contribution is 6.30. The van der Waals surface area contributed by atoms with Gasteiger partial charge in [-0.1, -0.05) is 17.7 Å². The number of rotatable bonds is 4. The molecular weight excluding hydrogens is 290 g/mol. The number of fused-ring (bicyclic) bond motifs is 1. The van der Waals surface area contributed by atoms with Gasteiger partial charge in [-0.25, -0.2) is 0 Å². The first-order chi connectivity index (χ1) is 10.0. The highest BCUT2D eigenvalue weighted by atomic mass is 35.5. The molecule has 1 aliphatic heterocycles. The molecule has 0 aromatic heterocycles. The molecule has 1 atom stereocenters. The van der Waals surface area contributed by atoms with Gasteiger partial charge < -0.3 is 14.7 Å². The van der Waals surface area contributed by atoms with Crippen LogP contribution in [-0.2, 0) is 4.79 Å². The smallest absolute Gasteiger partial charge is 0.246 e. The SMILES string of the molecule is CC(CO)N(C)C(=O)/C=C/C1=Cc2cc(Cl)ccc2OC1. The normalized spacial score (nSPS) is 15.1. The molecule has 1 amide bonds. The van der Waals surface area contributed by atoms with E-state index in [-0.39, 0.29) is 18.6 Å². The zero-order valence-electron chi connectivity index (χ0n) is 12.0. The highest BCUT2D eigenvalue weighted by Gasteiger charge is 2.13. The molecule has 1 aliphatic rings. The first-order valence-electron chi connectivity index (χ1n) is 6.70. The summed E-state index contributed by atoms with van der Waals surface area (Å²) in [6, 6.07) is 5.23. The Bertz CT molecular complexity index is 595. The minimum Gasteiger partial charge on any atom is -0.488 e. The predicted octanol–water partition coefficient (Wildman–Crippen LogP) is 2.51. The molecule has 1 heterocycles. The third-order valence-electron chi connectivity index (χ3n) is 3.42. The second-order valence-corrected chi connectivity index (χ2v) is 5.44. The second-order valence-electron chi connectivity index (χ2n) is 5.00. The topological polar surface area (TPSA) is 49.8 Å². The van der Waals surface area contributed by atoms with Crippen molar-refractivity contribution >= 4 is 23.6 Å².